The molecular weight excluding hydrogens is 497 g/mol. The molecule has 0 saturated heterocycles. The van der Waals surface area contributed by atoms with Crippen LogP contribution in [0.15, 0.2) is 91.0 Å². The highest BCUT2D eigenvalue weighted by atomic mass is 16.4. The van der Waals surface area contributed by atoms with Gasteiger partial charge in [-0.2, -0.15) is 0 Å². The molecule has 0 fully saturated rings. The molecule has 5 aromatic carbocycles. The number of nitrogens with zero attached hydrogens (tertiary/aromatic N) is 1. The predicted molar refractivity (Wildman–Crippen MR) is 174 cm³/mol. The van der Waals surface area contributed by atoms with Crippen molar-refractivity contribution >= 4 is 34.9 Å². The molecule has 202 valence electrons. The molecule has 0 N–H and O–H groups in total. The van der Waals surface area contributed by atoms with Gasteiger partial charge in [-0.25, -0.2) is 0 Å². The second kappa shape index (κ2) is 9.14. The highest BCUT2D eigenvalue weighted by Crippen LogP contribution is 2.52. The lowest BCUT2D eigenvalue weighted by atomic mass is 9.50. The Hall–Kier alpha value is -4.24. The summed E-state index contributed by atoms with van der Waals surface area (Å²) in [5.41, 5.74) is 17.6. The van der Waals surface area contributed by atoms with Crippen molar-refractivity contribution in [3.63, 3.8) is 0 Å². The Morgan fingerprint density at radius 3 is 1.85 bits per heavy atom. The first kappa shape index (κ1) is 25.7. The van der Waals surface area contributed by atoms with Crippen molar-refractivity contribution in [3.05, 3.63) is 130 Å². The van der Waals surface area contributed by atoms with Crippen molar-refractivity contribution in [1.82, 2.24) is 0 Å². The molecule has 0 saturated carbocycles. The maximum atomic E-state index is 6.78. The minimum absolute atomic E-state index is 0.0978. The highest BCUT2D eigenvalue weighted by molar-refractivity contribution is 6.83. The number of aryl methyl sites for hydroxylation is 5. The fourth-order valence-electron chi connectivity index (χ4n) is 7.19. The summed E-state index contributed by atoms with van der Waals surface area (Å²) in [4.78, 5) is 2.46. The summed E-state index contributed by atoms with van der Waals surface area (Å²) >= 11 is 0. The molecule has 2 aliphatic rings. The van der Waals surface area contributed by atoms with E-state index in [2.05, 4.69) is 144 Å². The minimum atomic E-state index is -0.153. The second-order valence-corrected chi connectivity index (χ2v) is 12.6. The molecule has 0 aliphatic carbocycles. The van der Waals surface area contributed by atoms with E-state index in [9.17, 15) is 0 Å². The highest BCUT2D eigenvalue weighted by Gasteiger charge is 2.39. The monoisotopic (exact) mass is 533 g/mol. The molecule has 2 nitrogen and oxygen atoms in total. The van der Waals surface area contributed by atoms with Crippen LogP contribution in [-0.2, 0) is 5.41 Å². The zero-order chi connectivity index (χ0) is 28.6. The van der Waals surface area contributed by atoms with Gasteiger partial charge in [-0.15, -0.1) is 0 Å². The first-order chi connectivity index (χ1) is 19.6. The molecule has 2 aliphatic heterocycles. The van der Waals surface area contributed by atoms with Gasteiger partial charge >= 0.3 is 6.92 Å². The number of rotatable bonds is 2. The van der Waals surface area contributed by atoms with Crippen LogP contribution in [0, 0.1) is 34.6 Å². The molecule has 0 radical (unpaired) electrons. The number of hydrogen-bond donors (Lipinski definition) is 0. The summed E-state index contributed by atoms with van der Waals surface area (Å²) in [5, 5.41) is 0. The van der Waals surface area contributed by atoms with Gasteiger partial charge in [0, 0.05) is 16.7 Å². The Morgan fingerprint density at radius 2 is 1.22 bits per heavy atom. The van der Waals surface area contributed by atoms with Crippen molar-refractivity contribution in [1.29, 1.82) is 0 Å². The zero-order valence-corrected chi connectivity index (χ0v) is 25.1. The molecule has 3 heteroatoms. The van der Waals surface area contributed by atoms with E-state index in [1.807, 2.05) is 0 Å². The van der Waals surface area contributed by atoms with Crippen LogP contribution < -0.4 is 20.5 Å². The fourth-order valence-corrected chi connectivity index (χ4v) is 7.19. The van der Waals surface area contributed by atoms with Gasteiger partial charge in [-0.1, -0.05) is 102 Å². The quantitative estimate of drug-likeness (QED) is 0.211. The van der Waals surface area contributed by atoms with E-state index in [0.717, 1.165) is 11.3 Å². The van der Waals surface area contributed by atoms with Crippen LogP contribution >= 0.6 is 0 Å². The van der Waals surface area contributed by atoms with E-state index >= 15 is 0 Å². The topological polar surface area (TPSA) is 12.5 Å². The Labute approximate surface area is 244 Å². The Kier molecular flexibility index (Phi) is 5.73. The largest absolute Gasteiger partial charge is 0.551 e. The number of anilines is 3. The van der Waals surface area contributed by atoms with E-state index in [4.69, 9.17) is 4.65 Å². The molecule has 5 aromatic rings. The van der Waals surface area contributed by atoms with Crippen LogP contribution in [0.3, 0.4) is 0 Å². The third-order valence-corrected chi connectivity index (χ3v) is 9.13. The van der Waals surface area contributed by atoms with Crippen molar-refractivity contribution in [3.8, 4) is 16.9 Å². The SMILES string of the molecule is Cc1cc(C)c(B2Oc3ccccc3-c3cc(N4c5ccc(C)cc5C(C)(C)c5cc(C)ccc54)ccc32)c(C)c1. The molecule has 41 heavy (non-hydrogen) atoms. The number of hydrogen-bond acceptors (Lipinski definition) is 2. The molecule has 7 rings (SSSR count). The summed E-state index contributed by atoms with van der Waals surface area (Å²) < 4.78 is 6.78. The molecule has 0 unspecified atom stereocenters. The Balaban J connectivity index is 1.47. The summed E-state index contributed by atoms with van der Waals surface area (Å²) in [6.45, 7) is 15.5. The minimum Gasteiger partial charge on any atom is -0.551 e. The average molecular weight is 534 g/mol. The molecule has 0 spiro atoms. The van der Waals surface area contributed by atoms with Gasteiger partial charge in [0.15, 0.2) is 0 Å². The molecular formula is C38H36BNO. The third-order valence-electron chi connectivity index (χ3n) is 9.13. The van der Waals surface area contributed by atoms with Gasteiger partial charge < -0.3 is 9.55 Å². The van der Waals surface area contributed by atoms with Gasteiger partial charge in [-0.3, -0.25) is 0 Å². The van der Waals surface area contributed by atoms with Crippen LogP contribution in [-0.4, -0.2) is 6.92 Å². The molecule has 0 bridgehead atoms. The summed E-state index contributed by atoms with van der Waals surface area (Å²) in [6, 6.07) is 33.8. The van der Waals surface area contributed by atoms with Crippen LogP contribution in [0.2, 0.25) is 0 Å². The lowest BCUT2D eigenvalue weighted by Crippen LogP contribution is -2.52. The standard InChI is InChI=1S/C38H36BNO/c1-23-12-16-34-31(20-23)38(6,7)32-21-24(2)13-17-35(32)40(34)28-14-15-33-30(22-28)29-10-8-9-11-36(29)41-39(33)37-26(4)18-25(3)19-27(37)5/h8-22H,1-7H3. The van der Waals surface area contributed by atoms with E-state index in [1.165, 1.54) is 72.5 Å². The van der Waals surface area contributed by atoms with Gasteiger partial charge in [0.1, 0.15) is 5.75 Å². The van der Waals surface area contributed by atoms with Crippen molar-refractivity contribution in [2.45, 2.75) is 53.9 Å². The number of benzene rings is 5. The van der Waals surface area contributed by atoms with Crippen molar-refractivity contribution in [2.75, 3.05) is 4.90 Å². The zero-order valence-electron chi connectivity index (χ0n) is 25.1. The first-order valence-corrected chi connectivity index (χ1v) is 14.6. The molecule has 2 heterocycles. The number of fused-ring (bicyclic) bond motifs is 5. The second-order valence-electron chi connectivity index (χ2n) is 12.6. The van der Waals surface area contributed by atoms with Crippen LogP contribution in [0.5, 0.6) is 5.75 Å². The Bertz CT molecular complexity index is 1790. The number of para-hydroxylation sites is 1. The van der Waals surface area contributed by atoms with Crippen LogP contribution in [0.1, 0.15) is 52.8 Å². The normalized spacial score (nSPS) is 14.5. The molecule has 0 atom stereocenters. The van der Waals surface area contributed by atoms with E-state index in [-0.39, 0.29) is 12.3 Å². The smallest absolute Gasteiger partial charge is 0.427 e. The van der Waals surface area contributed by atoms with E-state index < -0.39 is 0 Å². The first-order valence-electron chi connectivity index (χ1n) is 14.6. The van der Waals surface area contributed by atoms with Crippen molar-refractivity contribution < 1.29 is 4.65 Å². The van der Waals surface area contributed by atoms with Gasteiger partial charge in [0.25, 0.3) is 0 Å². The maximum Gasteiger partial charge on any atom is 0.427 e. The summed E-state index contributed by atoms with van der Waals surface area (Å²) in [7, 11) is 0. The van der Waals surface area contributed by atoms with Crippen molar-refractivity contribution in [2.24, 2.45) is 0 Å². The third kappa shape index (κ3) is 3.94. The maximum absolute atomic E-state index is 6.78. The van der Waals surface area contributed by atoms with Gasteiger partial charge in [0.05, 0.1) is 11.4 Å². The molecule has 0 aromatic heterocycles. The van der Waals surface area contributed by atoms with Crippen LogP contribution in [0.4, 0.5) is 17.1 Å². The molecule has 0 amide bonds. The Morgan fingerprint density at radius 1 is 0.610 bits per heavy atom. The fraction of sp³-hybridized carbons (Fsp3) is 0.211. The summed E-state index contributed by atoms with van der Waals surface area (Å²) in [5.74, 6) is 0.938. The van der Waals surface area contributed by atoms with E-state index in [0.29, 0.717) is 0 Å². The van der Waals surface area contributed by atoms with Gasteiger partial charge in [0.2, 0.25) is 0 Å². The van der Waals surface area contributed by atoms with E-state index in [1.54, 1.807) is 0 Å². The summed E-state index contributed by atoms with van der Waals surface area (Å²) in [6.07, 6.45) is 0. The predicted octanol–water partition coefficient (Wildman–Crippen LogP) is 8.50. The lowest BCUT2D eigenvalue weighted by molar-refractivity contribution is 0.590. The van der Waals surface area contributed by atoms with Crippen LogP contribution in [0.25, 0.3) is 11.1 Å². The average Bonchev–Trinajstić information content (AvgIpc) is 2.93. The van der Waals surface area contributed by atoms with Gasteiger partial charge in [-0.05, 0) is 92.6 Å². The lowest BCUT2D eigenvalue weighted by Gasteiger charge is -2.42.